The Morgan fingerprint density at radius 3 is 2.72 bits per heavy atom. The quantitative estimate of drug-likeness (QED) is 0.827. The molecule has 0 saturated carbocycles. The van der Waals surface area contributed by atoms with Gasteiger partial charge in [0.1, 0.15) is 17.1 Å². The number of carbonyl (C=O) groups excluding carboxylic acids is 1. The number of carbonyl (C=O) groups is 1. The second kappa shape index (κ2) is 3.73. The molecule has 18 heavy (non-hydrogen) atoms. The molecule has 2 aromatic rings. The van der Waals surface area contributed by atoms with Crippen LogP contribution >= 0.6 is 0 Å². The number of aromatic nitrogens is 2. The minimum Gasteiger partial charge on any atom is -0.506 e. The summed E-state index contributed by atoms with van der Waals surface area (Å²) >= 11 is 0. The summed E-state index contributed by atoms with van der Waals surface area (Å²) in [7, 11) is 1.88. The lowest BCUT2D eigenvalue weighted by Gasteiger charge is -2.30. The van der Waals surface area contributed by atoms with E-state index in [0.717, 1.165) is 30.9 Å². The zero-order chi connectivity index (χ0) is 12.9. The number of hydrogen-bond donors (Lipinski definition) is 1. The molecule has 0 unspecified atom stereocenters. The monoisotopic (exact) mass is 245 g/mol. The molecule has 0 spiro atoms. The van der Waals surface area contributed by atoms with E-state index in [0.29, 0.717) is 11.1 Å². The second-order valence-electron chi connectivity index (χ2n) is 4.73. The standard InChI is InChI=1S/C13H15N3O2/c1-8-14-12-10(15(8)2)6-9(7-11(12)17)13(18)16-4-3-5-16/h6-7,17H,3-5H2,1-2H3. The molecule has 5 heteroatoms. The number of rotatable bonds is 1. The summed E-state index contributed by atoms with van der Waals surface area (Å²) in [6.45, 7) is 3.49. The summed E-state index contributed by atoms with van der Waals surface area (Å²) < 4.78 is 1.88. The number of hydrogen-bond acceptors (Lipinski definition) is 3. The minimum absolute atomic E-state index is 0.0164. The molecule has 2 heterocycles. The van der Waals surface area contributed by atoms with Crippen LogP contribution in [0.4, 0.5) is 0 Å². The van der Waals surface area contributed by atoms with Crippen LogP contribution in [0.25, 0.3) is 11.0 Å². The van der Waals surface area contributed by atoms with Gasteiger partial charge in [-0.2, -0.15) is 0 Å². The molecular weight excluding hydrogens is 230 g/mol. The predicted octanol–water partition coefficient (Wildman–Crippen LogP) is 1.43. The van der Waals surface area contributed by atoms with E-state index in [4.69, 9.17) is 0 Å². The first-order valence-electron chi connectivity index (χ1n) is 6.03. The van der Waals surface area contributed by atoms with Crippen molar-refractivity contribution < 1.29 is 9.90 Å². The van der Waals surface area contributed by atoms with Gasteiger partial charge >= 0.3 is 0 Å². The Balaban J connectivity index is 2.13. The maximum Gasteiger partial charge on any atom is 0.254 e. The lowest BCUT2D eigenvalue weighted by Crippen LogP contribution is -2.42. The normalized spacial score (nSPS) is 14.9. The minimum atomic E-state index is -0.0164. The highest BCUT2D eigenvalue weighted by atomic mass is 16.3. The van der Waals surface area contributed by atoms with Crippen molar-refractivity contribution in [3.8, 4) is 5.75 Å². The summed E-state index contributed by atoms with van der Waals surface area (Å²) in [4.78, 5) is 18.2. The van der Waals surface area contributed by atoms with Gasteiger partial charge in [-0.1, -0.05) is 0 Å². The average molecular weight is 245 g/mol. The molecule has 1 aromatic heterocycles. The van der Waals surface area contributed by atoms with E-state index in [1.807, 2.05) is 18.5 Å². The van der Waals surface area contributed by atoms with Gasteiger partial charge in [-0.15, -0.1) is 0 Å². The molecule has 1 aliphatic heterocycles. The number of fused-ring (bicyclic) bond motifs is 1. The molecule has 1 aromatic carbocycles. The third-order valence-electron chi connectivity index (χ3n) is 3.58. The van der Waals surface area contributed by atoms with E-state index in [9.17, 15) is 9.90 Å². The van der Waals surface area contributed by atoms with Crippen molar-refractivity contribution in [1.29, 1.82) is 0 Å². The largest absolute Gasteiger partial charge is 0.506 e. The van der Waals surface area contributed by atoms with Crippen molar-refractivity contribution in [2.45, 2.75) is 13.3 Å². The van der Waals surface area contributed by atoms with Crippen molar-refractivity contribution in [2.24, 2.45) is 7.05 Å². The number of nitrogens with zero attached hydrogens (tertiary/aromatic N) is 3. The van der Waals surface area contributed by atoms with Crippen LogP contribution in [0, 0.1) is 6.92 Å². The molecule has 0 radical (unpaired) electrons. The van der Waals surface area contributed by atoms with E-state index < -0.39 is 0 Å². The van der Waals surface area contributed by atoms with Crippen molar-refractivity contribution in [3.05, 3.63) is 23.5 Å². The van der Waals surface area contributed by atoms with Gasteiger partial charge in [-0.3, -0.25) is 4.79 Å². The molecule has 1 fully saturated rings. The molecule has 1 aliphatic rings. The van der Waals surface area contributed by atoms with Gasteiger partial charge in [0.2, 0.25) is 0 Å². The fraction of sp³-hybridized carbons (Fsp3) is 0.385. The molecule has 0 bridgehead atoms. The van der Waals surface area contributed by atoms with Crippen LogP contribution in [0.3, 0.4) is 0 Å². The van der Waals surface area contributed by atoms with Crippen LogP contribution in [-0.2, 0) is 7.05 Å². The van der Waals surface area contributed by atoms with Gasteiger partial charge in [0.15, 0.2) is 0 Å². The van der Waals surface area contributed by atoms with Gasteiger partial charge in [-0.25, -0.2) is 4.98 Å². The number of phenolic OH excluding ortho intramolecular Hbond substituents is 1. The van der Waals surface area contributed by atoms with Gasteiger partial charge in [0.25, 0.3) is 5.91 Å². The number of amides is 1. The molecule has 5 nitrogen and oxygen atoms in total. The third kappa shape index (κ3) is 1.47. The first-order valence-corrected chi connectivity index (χ1v) is 6.03. The predicted molar refractivity (Wildman–Crippen MR) is 67.6 cm³/mol. The second-order valence-corrected chi connectivity index (χ2v) is 4.73. The van der Waals surface area contributed by atoms with Crippen molar-refractivity contribution in [3.63, 3.8) is 0 Å². The zero-order valence-electron chi connectivity index (χ0n) is 10.5. The number of imidazole rings is 1. The Bertz CT molecular complexity index is 641. The Hall–Kier alpha value is -2.04. The van der Waals surface area contributed by atoms with Crippen LogP contribution in [-0.4, -0.2) is 38.6 Å². The summed E-state index contributed by atoms with van der Waals surface area (Å²) in [6.07, 6.45) is 1.06. The number of aryl methyl sites for hydroxylation is 2. The molecule has 94 valence electrons. The van der Waals surface area contributed by atoms with E-state index in [2.05, 4.69) is 4.98 Å². The molecular formula is C13H15N3O2. The Morgan fingerprint density at radius 1 is 1.39 bits per heavy atom. The lowest BCUT2D eigenvalue weighted by atomic mass is 10.1. The van der Waals surface area contributed by atoms with Crippen LogP contribution in [0.15, 0.2) is 12.1 Å². The van der Waals surface area contributed by atoms with Gasteiger partial charge in [0.05, 0.1) is 5.52 Å². The molecule has 1 N–H and O–H groups in total. The first-order chi connectivity index (χ1) is 8.58. The molecule has 1 saturated heterocycles. The van der Waals surface area contributed by atoms with Crippen molar-refractivity contribution in [2.75, 3.05) is 13.1 Å². The van der Waals surface area contributed by atoms with Crippen LogP contribution in [0.1, 0.15) is 22.6 Å². The van der Waals surface area contributed by atoms with Crippen molar-refractivity contribution >= 4 is 16.9 Å². The topological polar surface area (TPSA) is 58.4 Å². The number of likely N-dealkylation sites (tertiary alicyclic amines) is 1. The average Bonchev–Trinajstić information content (AvgIpc) is 2.54. The summed E-state index contributed by atoms with van der Waals surface area (Å²) in [6, 6.07) is 3.31. The van der Waals surface area contributed by atoms with Gasteiger partial charge < -0.3 is 14.6 Å². The SMILES string of the molecule is Cc1nc2c(O)cc(C(=O)N3CCC3)cc2n1C. The maximum absolute atomic E-state index is 12.1. The number of benzene rings is 1. The van der Waals surface area contributed by atoms with Crippen LogP contribution in [0.5, 0.6) is 5.75 Å². The van der Waals surface area contributed by atoms with E-state index >= 15 is 0 Å². The third-order valence-corrected chi connectivity index (χ3v) is 3.58. The Morgan fingerprint density at radius 2 is 2.11 bits per heavy atom. The van der Waals surface area contributed by atoms with Crippen LogP contribution < -0.4 is 0 Å². The fourth-order valence-corrected chi connectivity index (χ4v) is 2.21. The fourth-order valence-electron chi connectivity index (χ4n) is 2.21. The molecule has 0 atom stereocenters. The molecule has 3 rings (SSSR count). The van der Waals surface area contributed by atoms with Crippen LogP contribution in [0.2, 0.25) is 0 Å². The zero-order valence-corrected chi connectivity index (χ0v) is 10.5. The first kappa shape index (κ1) is 11.1. The summed E-state index contributed by atoms with van der Waals surface area (Å²) in [5, 5.41) is 9.96. The highest BCUT2D eigenvalue weighted by molar-refractivity contribution is 5.99. The van der Waals surface area contributed by atoms with E-state index in [1.165, 1.54) is 6.07 Å². The van der Waals surface area contributed by atoms with Gasteiger partial charge in [0, 0.05) is 25.7 Å². The van der Waals surface area contributed by atoms with Crippen molar-refractivity contribution in [1.82, 2.24) is 14.5 Å². The Labute approximate surface area is 105 Å². The van der Waals surface area contributed by atoms with E-state index in [-0.39, 0.29) is 11.7 Å². The summed E-state index contributed by atoms with van der Waals surface area (Å²) in [5.41, 5.74) is 1.87. The maximum atomic E-state index is 12.1. The number of phenols is 1. The summed E-state index contributed by atoms with van der Waals surface area (Å²) in [5.74, 6) is 0.867. The molecule has 1 amide bonds. The smallest absolute Gasteiger partial charge is 0.254 e. The van der Waals surface area contributed by atoms with E-state index in [1.54, 1.807) is 11.0 Å². The highest BCUT2D eigenvalue weighted by Crippen LogP contribution is 2.27. The Kier molecular flexibility index (Phi) is 2.29. The van der Waals surface area contributed by atoms with Gasteiger partial charge in [-0.05, 0) is 25.5 Å². The lowest BCUT2D eigenvalue weighted by molar-refractivity contribution is 0.0651. The number of aromatic hydroxyl groups is 1. The highest BCUT2D eigenvalue weighted by Gasteiger charge is 2.23. The molecule has 0 aliphatic carbocycles.